The molecule has 0 atom stereocenters. The fourth-order valence-corrected chi connectivity index (χ4v) is 2.81. The van der Waals surface area contributed by atoms with Crippen LogP contribution in [0.5, 0.6) is 11.5 Å². The van der Waals surface area contributed by atoms with Crippen molar-refractivity contribution in [1.29, 1.82) is 0 Å². The number of halogens is 2. The van der Waals surface area contributed by atoms with Gasteiger partial charge in [-0.3, -0.25) is 0 Å². The van der Waals surface area contributed by atoms with Crippen molar-refractivity contribution in [3.8, 4) is 22.6 Å². The number of hydrogen-bond donors (Lipinski definition) is 0. The normalized spacial score (nSPS) is 11.4. The molecule has 4 heteroatoms. The van der Waals surface area contributed by atoms with Gasteiger partial charge in [0, 0.05) is 10.9 Å². The van der Waals surface area contributed by atoms with Crippen LogP contribution in [-0.2, 0) is 0 Å². The summed E-state index contributed by atoms with van der Waals surface area (Å²) in [5, 5.41) is 1.50. The summed E-state index contributed by atoms with van der Waals surface area (Å²) in [6, 6.07) is 17.1. The van der Waals surface area contributed by atoms with Gasteiger partial charge in [-0.15, -0.1) is 0 Å². The number of fused-ring (bicyclic) bond motifs is 1. The van der Waals surface area contributed by atoms with Crippen LogP contribution >= 0.6 is 0 Å². The van der Waals surface area contributed by atoms with Crippen LogP contribution in [0, 0.1) is 0 Å². The predicted molar refractivity (Wildman–Crippen MR) is 97.3 cm³/mol. The Kier molecular flexibility index (Phi) is 4.98. The van der Waals surface area contributed by atoms with E-state index in [4.69, 9.17) is 9.47 Å². The van der Waals surface area contributed by atoms with E-state index in [1.54, 1.807) is 25.3 Å². The highest BCUT2D eigenvalue weighted by Crippen LogP contribution is 2.35. The average molecular weight is 340 g/mol. The standard InChI is InChI=1S/C21H18F2O2/c1-3-4-15-5-6-17-13-16(14-7-10-18(24-2)11-8-14)9-12-19(17)20(15)25-21(22)23/h3-13,21H,1-2H3/b4-3+. The molecule has 0 N–H and O–H groups in total. The summed E-state index contributed by atoms with van der Waals surface area (Å²) in [6.07, 6.45) is 3.56. The minimum absolute atomic E-state index is 0.201. The lowest BCUT2D eigenvalue weighted by atomic mass is 9.99. The van der Waals surface area contributed by atoms with Crippen molar-refractivity contribution in [3.05, 3.63) is 66.2 Å². The maximum absolute atomic E-state index is 12.8. The highest BCUT2D eigenvalue weighted by molar-refractivity contribution is 5.94. The molecule has 3 rings (SSSR count). The molecular formula is C21H18F2O2. The Morgan fingerprint density at radius 1 is 0.920 bits per heavy atom. The second-order valence-electron chi connectivity index (χ2n) is 5.53. The van der Waals surface area contributed by atoms with E-state index in [0.717, 1.165) is 22.3 Å². The zero-order chi connectivity index (χ0) is 17.8. The molecule has 0 spiro atoms. The minimum Gasteiger partial charge on any atom is -0.497 e. The topological polar surface area (TPSA) is 18.5 Å². The van der Waals surface area contributed by atoms with Crippen molar-refractivity contribution < 1.29 is 18.3 Å². The molecule has 0 radical (unpaired) electrons. The van der Waals surface area contributed by atoms with Gasteiger partial charge in [0.1, 0.15) is 11.5 Å². The molecule has 0 aliphatic rings. The minimum atomic E-state index is -2.86. The lowest BCUT2D eigenvalue weighted by Crippen LogP contribution is -2.04. The Hall–Kier alpha value is -2.88. The van der Waals surface area contributed by atoms with Crippen molar-refractivity contribution in [2.75, 3.05) is 7.11 Å². The highest BCUT2D eigenvalue weighted by atomic mass is 19.3. The van der Waals surface area contributed by atoms with Crippen LogP contribution in [0.2, 0.25) is 0 Å². The summed E-state index contributed by atoms with van der Waals surface area (Å²) < 4.78 is 35.6. The van der Waals surface area contributed by atoms with E-state index < -0.39 is 6.61 Å². The molecule has 25 heavy (non-hydrogen) atoms. The van der Waals surface area contributed by atoms with Crippen molar-refractivity contribution in [1.82, 2.24) is 0 Å². The Morgan fingerprint density at radius 3 is 2.28 bits per heavy atom. The first-order chi connectivity index (χ1) is 12.1. The van der Waals surface area contributed by atoms with E-state index in [1.807, 2.05) is 55.5 Å². The first-order valence-electron chi connectivity index (χ1n) is 7.91. The van der Waals surface area contributed by atoms with E-state index in [9.17, 15) is 8.78 Å². The van der Waals surface area contributed by atoms with Crippen LogP contribution in [-0.4, -0.2) is 13.7 Å². The first kappa shape index (κ1) is 17.0. The van der Waals surface area contributed by atoms with Gasteiger partial charge in [-0.05, 0) is 41.6 Å². The summed E-state index contributed by atoms with van der Waals surface area (Å²) in [6.45, 7) is -1.03. The summed E-state index contributed by atoms with van der Waals surface area (Å²) in [4.78, 5) is 0. The van der Waals surface area contributed by atoms with E-state index in [2.05, 4.69) is 0 Å². The molecule has 2 nitrogen and oxygen atoms in total. The highest BCUT2D eigenvalue weighted by Gasteiger charge is 2.13. The molecule has 0 aliphatic heterocycles. The van der Waals surface area contributed by atoms with Gasteiger partial charge in [-0.1, -0.05) is 48.6 Å². The van der Waals surface area contributed by atoms with Crippen LogP contribution in [0.3, 0.4) is 0 Å². The van der Waals surface area contributed by atoms with Crippen molar-refractivity contribution in [2.24, 2.45) is 0 Å². The van der Waals surface area contributed by atoms with Gasteiger partial charge >= 0.3 is 6.61 Å². The van der Waals surface area contributed by atoms with Gasteiger partial charge < -0.3 is 9.47 Å². The molecule has 128 valence electrons. The van der Waals surface area contributed by atoms with Gasteiger partial charge in [0.15, 0.2) is 0 Å². The number of rotatable bonds is 5. The van der Waals surface area contributed by atoms with Crippen LogP contribution in [0.15, 0.2) is 60.7 Å². The lowest BCUT2D eigenvalue weighted by Gasteiger charge is -2.13. The molecular weight excluding hydrogens is 322 g/mol. The molecule has 0 amide bonds. The fraction of sp³-hybridized carbons (Fsp3) is 0.143. The molecule has 0 unspecified atom stereocenters. The van der Waals surface area contributed by atoms with E-state index >= 15 is 0 Å². The van der Waals surface area contributed by atoms with Gasteiger partial charge in [-0.25, -0.2) is 0 Å². The van der Waals surface area contributed by atoms with Gasteiger partial charge in [0.2, 0.25) is 0 Å². The molecule has 3 aromatic carbocycles. The Labute approximate surface area is 145 Å². The number of hydrogen-bond acceptors (Lipinski definition) is 2. The Bertz CT molecular complexity index is 900. The van der Waals surface area contributed by atoms with Gasteiger partial charge in [0.05, 0.1) is 7.11 Å². The van der Waals surface area contributed by atoms with Gasteiger partial charge in [-0.2, -0.15) is 8.78 Å². The Morgan fingerprint density at radius 2 is 1.64 bits per heavy atom. The zero-order valence-corrected chi connectivity index (χ0v) is 14.0. The monoisotopic (exact) mass is 340 g/mol. The second-order valence-corrected chi connectivity index (χ2v) is 5.53. The summed E-state index contributed by atoms with van der Waals surface area (Å²) in [5.74, 6) is 0.986. The quantitative estimate of drug-likeness (QED) is 0.554. The molecule has 0 heterocycles. The maximum Gasteiger partial charge on any atom is 0.387 e. The van der Waals surface area contributed by atoms with E-state index in [0.29, 0.717) is 10.9 Å². The first-order valence-corrected chi connectivity index (χ1v) is 7.91. The Balaban J connectivity index is 2.09. The fourth-order valence-electron chi connectivity index (χ4n) is 2.81. The SMILES string of the molecule is C/C=C/c1ccc2cc(-c3ccc(OC)cc3)ccc2c1OC(F)F. The average Bonchev–Trinajstić information content (AvgIpc) is 2.63. The summed E-state index contributed by atoms with van der Waals surface area (Å²) in [7, 11) is 1.62. The molecule has 0 fully saturated rings. The third-order valence-electron chi connectivity index (χ3n) is 3.98. The third kappa shape index (κ3) is 3.63. The van der Waals surface area contributed by atoms with E-state index in [-0.39, 0.29) is 5.75 Å². The van der Waals surface area contributed by atoms with Crippen LogP contribution in [0.4, 0.5) is 8.78 Å². The summed E-state index contributed by atoms with van der Waals surface area (Å²) >= 11 is 0. The number of ether oxygens (including phenoxy) is 2. The molecule has 0 aliphatic carbocycles. The number of benzene rings is 3. The van der Waals surface area contributed by atoms with Crippen molar-refractivity contribution in [3.63, 3.8) is 0 Å². The molecule has 0 aromatic heterocycles. The number of allylic oxidation sites excluding steroid dienone is 1. The third-order valence-corrected chi connectivity index (χ3v) is 3.98. The number of alkyl halides is 2. The van der Waals surface area contributed by atoms with Gasteiger partial charge in [0.25, 0.3) is 0 Å². The smallest absolute Gasteiger partial charge is 0.387 e. The largest absolute Gasteiger partial charge is 0.497 e. The van der Waals surface area contributed by atoms with Crippen molar-refractivity contribution in [2.45, 2.75) is 13.5 Å². The number of methoxy groups -OCH3 is 1. The maximum atomic E-state index is 12.8. The molecule has 0 bridgehead atoms. The molecule has 3 aromatic rings. The summed E-state index contributed by atoms with van der Waals surface area (Å²) in [5.41, 5.74) is 2.65. The van der Waals surface area contributed by atoms with E-state index in [1.165, 1.54) is 0 Å². The molecule has 0 saturated heterocycles. The lowest BCUT2D eigenvalue weighted by molar-refractivity contribution is -0.0489. The molecule has 0 saturated carbocycles. The zero-order valence-electron chi connectivity index (χ0n) is 14.0. The predicted octanol–water partition coefficient (Wildman–Crippen LogP) is 6.15. The van der Waals surface area contributed by atoms with Crippen molar-refractivity contribution >= 4 is 16.8 Å². The van der Waals surface area contributed by atoms with Crippen LogP contribution in [0.25, 0.3) is 28.0 Å². The van der Waals surface area contributed by atoms with Crippen LogP contribution in [0.1, 0.15) is 12.5 Å². The second kappa shape index (κ2) is 7.34. The van der Waals surface area contributed by atoms with Crippen LogP contribution < -0.4 is 9.47 Å².